The third kappa shape index (κ3) is 5.06. The number of nitrogens with one attached hydrogen (secondary N) is 1. The lowest BCUT2D eigenvalue weighted by Crippen LogP contribution is -2.44. The summed E-state index contributed by atoms with van der Waals surface area (Å²) >= 11 is 0. The van der Waals surface area contributed by atoms with Crippen molar-refractivity contribution in [3.8, 4) is 0 Å². The highest BCUT2D eigenvalue weighted by molar-refractivity contribution is 5.80. The third-order valence-corrected chi connectivity index (χ3v) is 4.15. The molecule has 7 nitrogen and oxygen atoms in total. The van der Waals surface area contributed by atoms with Crippen molar-refractivity contribution in [1.82, 2.24) is 25.5 Å². The molecule has 2 N–H and O–H groups in total. The first-order valence-electron chi connectivity index (χ1n) is 8.32. The quantitative estimate of drug-likeness (QED) is 0.752. The smallest absolute Gasteiger partial charge is 0.245 e. The second-order valence-corrected chi connectivity index (χ2v) is 6.39. The molecule has 2 atom stereocenters. The first-order valence-corrected chi connectivity index (χ1v) is 8.32. The number of aliphatic hydroxyl groups excluding tert-OH is 1. The van der Waals surface area contributed by atoms with Crippen LogP contribution in [0.2, 0.25) is 0 Å². The summed E-state index contributed by atoms with van der Waals surface area (Å²) in [5.74, 6) is 0.0536. The molecule has 2 aromatic rings. The van der Waals surface area contributed by atoms with Gasteiger partial charge in [0.1, 0.15) is 17.7 Å². The van der Waals surface area contributed by atoms with Gasteiger partial charge in [0.05, 0.1) is 0 Å². The molecule has 0 saturated heterocycles. The number of aromatic nitrogens is 4. The molecule has 0 spiro atoms. The maximum Gasteiger partial charge on any atom is 0.245 e. The Kier molecular flexibility index (Phi) is 6.58. The molecule has 0 aliphatic carbocycles. The fraction of sp³-hybridized carbons (Fsp3) is 0.529. The molecule has 2 unspecified atom stereocenters. The van der Waals surface area contributed by atoms with Gasteiger partial charge in [-0.2, -0.15) is 0 Å². The monoisotopic (exact) mass is 349 g/mol. The molecule has 2 rings (SSSR count). The fourth-order valence-electron chi connectivity index (χ4n) is 2.69. The zero-order valence-electron chi connectivity index (χ0n) is 14.7. The maximum absolute atomic E-state index is 13.5. The summed E-state index contributed by atoms with van der Waals surface area (Å²) in [6, 6.07) is 5.26. The van der Waals surface area contributed by atoms with Crippen LogP contribution in [0, 0.1) is 18.7 Å². The van der Waals surface area contributed by atoms with Gasteiger partial charge in [0.25, 0.3) is 0 Å². The predicted molar refractivity (Wildman–Crippen MR) is 90.2 cm³/mol. The van der Waals surface area contributed by atoms with Crippen molar-refractivity contribution in [3.05, 3.63) is 41.5 Å². The van der Waals surface area contributed by atoms with E-state index < -0.39 is 6.04 Å². The summed E-state index contributed by atoms with van der Waals surface area (Å²) in [7, 11) is 0. The topological polar surface area (TPSA) is 92.9 Å². The second-order valence-electron chi connectivity index (χ2n) is 6.39. The molecular weight excluding hydrogens is 325 g/mol. The lowest BCUT2D eigenvalue weighted by atomic mass is 9.99. The van der Waals surface area contributed by atoms with E-state index in [-0.39, 0.29) is 36.7 Å². The average Bonchev–Trinajstić information content (AvgIpc) is 2.98. The Hall–Kier alpha value is -2.35. The summed E-state index contributed by atoms with van der Waals surface area (Å²) < 4.78 is 14.9. The fourth-order valence-corrected chi connectivity index (χ4v) is 2.69. The minimum atomic E-state index is -0.697. The van der Waals surface area contributed by atoms with Gasteiger partial charge in [-0.1, -0.05) is 26.0 Å². The van der Waals surface area contributed by atoms with E-state index in [0.29, 0.717) is 17.8 Å². The van der Waals surface area contributed by atoms with E-state index in [1.54, 1.807) is 19.1 Å². The molecule has 0 radical (unpaired) electrons. The van der Waals surface area contributed by atoms with Gasteiger partial charge in [-0.25, -0.2) is 9.07 Å². The molecule has 25 heavy (non-hydrogen) atoms. The van der Waals surface area contributed by atoms with Gasteiger partial charge < -0.3 is 10.4 Å². The van der Waals surface area contributed by atoms with Crippen molar-refractivity contribution >= 4 is 5.91 Å². The molecule has 0 fully saturated rings. The highest BCUT2D eigenvalue weighted by atomic mass is 19.1. The number of amides is 1. The number of halogens is 1. The van der Waals surface area contributed by atoms with E-state index in [4.69, 9.17) is 0 Å². The molecule has 8 heteroatoms. The molecular formula is C17H24FN5O2. The van der Waals surface area contributed by atoms with Crippen LogP contribution < -0.4 is 5.32 Å². The average molecular weight is 349 g/mol. The molecule has 0 aliphatic heterocycles. The van der Waals surface area contributed by atoms with Crippen LogP contribution in [0.5, 0.6) is 0 Å². The first kappa shape index (κ1) is 19.0. The van der Waals surface area contributed by atoms with E-state index >= 15 is 0 Å². The Morgan fingerprint density at radius 3 is 2.72 bits per heavy atom. The highest BCUT2D eigenvalue weighted by Crippen LogP contribution is 2.17. The van der Waals surface area contributed by atoms with Crippen LogP contribution in [0.15, 0.2) is 24.3 Å². The Morgan fingerprint density at radius 2 is 2.16 bits per heavy atom. The molecule has 1 amide bonds. The van der Waals surface area contributed by atoms with Crippen LogP contribution in [0.1, 0.15) is 37.7 Å². The van der Waals surface area contributed by atoms with Crippen LogP contribution in [-0.2, 0) is 11.2 Å². The number of carbonyl (C=O) groups excluding carboxylic acids is 1. The minimum Gasteiger partial charge on any atom is -0.396 e. The number of carbonyl (C=O) groups is 1. The normalized spacial score (nSPS) is 13.7. The SMILES string of the molecule is Cc1nnnn1C(Cc1cccc(F)c1)C(=O)NC(CCO)C(C)C. The summed E-state index contributed by atoms with van der Waals surface area (Å²) in [6.45, 7) is 5.65. The standard InChI is InChI=1S/C17H24FN5O2/c1-11(2)15(7-8-24)19-17(25)16(23-12(3)20-21-22-23)10-13-5-4-6-14(18)9-13/h4-6,9,11,15-16,24H,7-8,10H2,1-3H3,(H,19,25). The number of aliphatic hydroxyl groups is 1. The summed E-state index contributed by atoms with van der Waals surface area (Å²) in [4.78, 5) is 12.9. The first-order chi connectivity index (χ1) is 11.9. The number of hydrogen-bond acceptors (Lipinski definition) is 5. The van der Waals surface area contributed by atoms with Gasteiger partial charge in [0.2, 0.25) is 5.91 Å². The molecule has 1 aromatic heterocycles. The van der Waals surface area contributed by atoms with Gasteiger partial charge >= 0.3 is 0 Å². The van der Waals surface area contributed by atoms with Crippen molar-refractivity contribution in [2.75, 3.05) is 6.61 Å². The molecule has 0 saturated carbocycles. The number of tetrazole rings is 1. The van der Waals surface area contributed by atoms with E-state index in [1.165, 1.54) is 16.8 Å². The third-order valence-electron chi connectivity index (χ3n) is 4.15. The van der Waals surface area contributed by atoms with E-state index in [0.717, 1.165) is 0 Å². The van der Waals surface area contributed by atoms with E-state index in [2.05, 4.69) is 20.8 Å². The van der Waals surface area contributed by atoms with Crippen LogP contribution in [0.4, 0.5) is 4.39 Å². The van der Waals surface area contributed by atoms with Crippen molar-refractivity contribution in [2.45, 2.75) is 45.7 Å². The molecule has 1 aromatic carbocycles. The van der Waals surface area contributed by atoms with Crippen molar-refractivity contribution in [3.63, 3.8) is 0 Å². The van der Waals surface area contributed by atoms with E-state index in [9.17, 15) is 14.3 Å². The van der Waals surface area contributed by atoms with Crippen molar-refractivity contribution in [1.29, 1.82) is 0 Å². The van der Waals surface area contributed by atoms with E-state index in [1.807, 2.05) is 13.8 Å². The summed E-state index contributed by atoms with van der Waals surface area (Å²) in [6.07, 6.45) is 0.726. The second kappa shape index (κ2) is 8.66. The lowest BCUT2D eigenvalue weighted by molar-refractivity contribution is -0.125. The van der Waals surface area contributed by atoms with Crippen molar-refractivity contribution in [2.24, 2.45) is 5.92 Å². The van der Waals surface area contributed by atoms with Crippen molar-refractivity contribution < 1.29 is 14.3 Å². The molecule has 1 heterocycles. The largest absolute Gasteiger partial charge is 0.396 e. The molecule has 0 bridgehead atoms. The van der Waals surface area contributed by atoms with Crippen LogP contribution >= 0.6 is 0 Å². The van der Waals surface area contributed by atoms with Gasteiger partial charge in [0, 0.05) is 19.1 Å². The Morgan fingerprint density at radius 1 is 1.40 bits per heavy atom. The number of benzene rings is 1. The highest BCUT2D eigenvalue weighted by Gasteiger charge is 2.27. The Labute approximate surface area is 146 Å². The van der Waals surface area contributed by atoms with Gasteiger partial charge in [-0.15, -0.1) is 5.10 Å². The minimum absolute atomic E-state index is 0.0123. The summed E-state index contributed by atoms with van der Waals surface area (Å²) in [5, 5.41) is 23.5. The lowest BCUT2D eigenvalue weighted by Gasteiger charge is -2.25. The Balaban J connectivity index is 2.25. The number of hydrogen-bond donors (Lipinski definition) is 2. The zero-order chi connectivity index (χ0) is 18.4. The number of aryl methyl sites for hydroxylation is 1. The van der Waals surface area contributed by atoms with Gasteiger partial charge in [0.15, 0.2) is 0 Å². The number of nitrogens with zero attached hydrogens (tertiary/aromatic N) is 4. The Bertz CT molecular complexity index is 704. The predicted octanol–water partition coefficient (Wildman–Crippen LogP) is 1.43. The molecule has 136 valence electrons. The zero-order valence-corrected chi connectivity index (χ0v) is 14.7. The van der Waals surface area contributed by atoms with Crippen LogP contribution in [0.3, 0.4) is 0 Å². The van der Waals surface area contributed by atoms with Gasteiger partial charge in [-0.3, -0.25) is 4.79 Å². The maximum atomic E-state index is 13.5. The van der Waals surface area contributed by atoms with Gasteiger partial charge in [-0.05, 0) is 47.4 Å². The summed E-state index contributed by atoms with van der Waals surface area (Å²) in [5.41, 5.74) is 0.679. The van der Waals surface area contributed by atoms with Crippen LogP contribution in [-0.4, -0.2) is 43.9 Å². The van der Waals surface area contributed by atoms with Crippen LogP contribution in [0.25, 0.3) is 0 Å². The number of rotatable bonds is 8. The molecule has 0 aliphatic rings.